The summed E-state index contributed by atoms with van der Waals surface area (Å²) in [5, 5.41) is 13.1. The quantitative estimate of drug-likeness (QED) is 0.805. The lowest BCUT2D eigenvalue weighted by Crippen LogP contribution is -2.40. The van der Waals surface area contributed by atoms with E-state index in [1.54, 1.807) is 17.5 Å². The van der Waals surface area contributed by atoms with Crippen LogP contribution in [0.2, 0.25) is 0 Å². The Bertz CT molecular complexity index is 334. The molecule has 15 heavy (non-hydrogen) atoms. The molecule has 1 amide bonds. The Balaban J connectivity index is 2.59. The van der Waals surface area contributed by atoms with Gasteiger partial charge in [0.15, 0.2) is 0 Å². The number of hydrogen-bond donors (Lipinski definition) is 2. The Morgan fingerprint density at radius 2 is 2.33 bits per heavy atom. The lowest BCUT2D eigenvalue weighted by atomic mass is 10.1. The number of aliphatic carboxylic acids is 1. The molecule has 0 aliphatic heterocycles. The molecule has 0 saturated carbocycles. The minimum atomic E-state index is -0.984. The van der Waals surface area contributed by atoms with Gasteiger partial charge in [-0.2, -0.15) is 0 Å². The summed E-state index contributed by atoms with van der Waals surface area (Å²) < 4.78 is 0. The predicted molar refractivity (Wildman–Crippen MR) is 58.1 cm³/mol. The third kappa shape index (κ3) is 3.36. The van der Waals surface area contributed by atoms with Crippen molar-refractivity contribution in [2.75, 3.05) is 0 Å². The average Bonchev–Trinajstić information content (AvgIpc) is 2.69. The molecule has 0 aromatic carbocycles. The first kappa shape index (κ1) is 11.7. The fourth-order valence-corrected chi connectivity index (χ4v) is 1.81. The van der Waals surface area contributed by atoms with Crippen molar-refractivity contribution in [3.63, 3.8) is 0 Å². The van der Waals surface area contributed by atoms with Crippen LogP contribution in [0.15, 0.2) is 17.5 Å². The highest BCUT2D eigenvalue weighted by atomic mass is 32.1. The van der Waals surface area contributed by atoms with E-state index in [9.17, 15) is 9.59 Å². The van der Waals surface area contributed by atoms with E-state index in [0.717, 1.165) is 6.42 Å². The molecule has 4 nitrogen and oxygen atoms in total. The molecule has 0 saturated heterocycles. The molecule has 0 aliphatic rings. The Labute approximate surface area is 91.9 Å². The Kier molecular flexibility index (Phi) is 4.30. The summed E-state index contributed by atoms with van der Waals surface area (Å²) in [5.74, 6) is -1.30. The molecule has 0 aliphatic carbocycles. The molecule has 0 spiro atoms. The molecular weight excluding hydrogens is 214 g/mol. The van der Waals surface area contributed by atoms with Crippen molar-refractivity contribution >= 4 is 23.2 Å². The number of carboxylic acids is 1. The van der Waals surface area contributed by atoms with Crippen molar-refractivity contribution in [2.24, 2.45) is 0 Å². The molecule has 0 bridgehead atoms. The average molecular weight is 227 g/mol. The Morgan fingerprint density at radius 1 is 1.60 bits per heavy atom. The zero-order valence-electron chi connectivity index (χ0n) is 8.40. The van der Waals surface area contributed by atoms with Gasteiger partial charge in [0.25, 0.3) is 5.91 Å². The van der Waals surface area contributed by atoms with Crippen molar-refractivity contribution in [2.45, 2.75) is 25.8 Å². The number of carbonyl (C=O) groups is 2. The van der Waals surface area contributed by atoms with Crippen LogP contribution in [0.25, 0.3) is 0 Å². The van der Waals surface area contributed by atoms with Crippen molar-refractivity contribution in [1.29, 1.82) is 0 Å². The van der Waals surface area contributed by atoms with E-state index in [0.29, 0.717) is 11.3 Å². The standard InChI is InChI=1S/C10H13NO3S/c1-2-4-7(10(13)14)11-9(12)8-5-3-6-15-8/h3,5-7H,2,4H2,1H3,(H,11,12)(H,13,14)/t7-/m1/s1. The molecule has 1 atom stereocenters. The maximum absolute atomic E-state index is 11.5. The zero-order chi connectivity index (χ0) is 11.3. The second-order valence-corrected chi connectivity index (χ2v) is 4.08. The van der Waals surface area contributed by atoms with Crippen LogP contribution in [0.3, 0.4) is 0 Å². The maximum atomic E-state index is 11.5. The van der Waals surface area contributed by atoms with Gasteiger partial charge in [-0.3, -0.25) is 4.79 Å². The number of thiophene rings is 1. The van der Waals surface area contributed by atoms with Crippen LogP contribution in [0.4, 0.5) is 0 Å². The van der Waals surface area contributed by atoms with Gasteiger partial charge in [-0.15, -0.1) is 11.3 Å². The number of carbonyl (C=O) groups excluding carboxylic acids is 1. The summed E-state index contributed by atoms with van der Waals surface area (Å²) in [7, 11) is 0. The summed E-state index contributed by atoms with van der Waals surface area (Å²) in [5.41, 5.74) is 0. The summed E-state index contributed by atoms with van der Waals surface area (Å²) in [6, 6.07) is 2.64. The van der Waals surface area contributed by atoms with Crippen LogP contribution in [0, 0.1) is 0 Å². The summed E-state index contributed by atoms with van der Waals surface area (Å²) in [6.07, 6.45) is 1.17. The van der Waals surface area contributed by atoms with Crippen molar-refractivity contribution in [1.82, 2.24) is 5.32 Å². The molecule has 1 rings (SSSR count). The molecule has 0 unspecified atom stereocenters. The molecular formula is C10H13NO3S. The van der Waals surface area contributed by atoms with Crippen LogP contribution in [0.1, 0.15) is 29.4 Å². The number of nitrogens with one attached hydrogen (secondary N) is 1. The molecule has 5 heteroatoms. The molecule has 0 fully saturated rings. The first-order chi connectivity index (χ1) is 7.15. The number of rotatable bonds is 5. The lowest BCUT2D eigenvalue weighted by molar-refractivity contribution is -0.139. The van der Waals surface area contributed by atoms with Crippen molar-refractivity contribution in [3.05, 3.63) is 22.4 Å². The van der Waals surface area contributed by atoms with Gasteiger partial charge in [0, 0.05) is 0 Å². The maximum Gasteiger partial charge on any atom is 0.326 e. The first-order valence-electron chi connectivity index (χ1n) is 4.72. The highest BCUT2D eigenvalue weighted by Gasteiger charge is 2.19. The van der Waals surface area contributed by atoms with Gasteiger partial charge in [0.1, 0.15) is 6.04 Å². The van der Waals surface area contributed by atoms with E-state index in [4.69, 9.17) is 5.11 Å². The second-order valence-electron chi connectivity index (χ2n) is 3.13. The molecule has 1 aromatic rings. The van der Waals surface area contributed by atoms with Crippen LogP contribution in [-0.2, 0) is 4.79 Å². The van der Waals surface area contributed by atoms with Gasteiger partial charge in [-0.05, 0) is 17.9 Å². The monoisotopic (exact) mass is 227 g/mol. The van der Waals surface area contributed by atoms with E-state index in [1.165, 1.54) is 11.3 Å². The Hall–Kier alpha value is -1.36. The molecule has 2 N–H and O–H groups in total. The molecule has 0 radical (unpaired) electrons. The van der Waals surface area contributed by atoms with E-state index < -0.39 is 12.0 Å². The van der Waals surface area contributed by atoms with Crippen molar-refractivity contribution in [3.8, 4) is 0 Å². The largest absolute Gasteiger partial charge is 0.480 e. The summed E-state index contributed by atoms with van der Waals surface area (Å²) in [6.45, 7) is 1.88. The highest BCUT2D eigenvalue weighted by Crippen LogP contribution is 2.09. The van der Waals surface area contributed by atoms with Gasteiger partial charge in [-0.1, -0.05) is 19.4 Å². The van der Waals surface area contributed by atoms with Crippen LogP contribution >= 0.6 is 11.3 Å². The van der Waals surface area contributed by atoms with Gasteiger partial charge < -0.3 is 10.4 Å². The predicted octanol–water partition coefficient (Wildman–Crippen LogP) is 1.73. The first-order valence-corrected chi connectivity index (χ1v) is 5.60. The highest BCUT2D eigenvalue weighted by molar-refractivity contribution is 7.12. The lowest BCUT2D eigenvalue weighted by Gasteiger charge is -2.12. The smallest absolute Gasteiger partial charge is 0.326 e. The van der Waals surface area contributed by atoms with Gasteiger partial charge in [0.2, 0.25) is 0 Å². The van der Waals surface area contributed by atoms with Crippen LogP contribution < -0.4 is 5.32 Å². The topological polar surface area (TPSA) is 66.4 Å². The molecule has 1 aromatic heterocycles. The number of hydrogen-bond acceptors (Lipinski definition) is 3. The fourth-order valence-electron chi connectivity index (χ4n) is 1.18. The van der Waals surface area contributed by atoms with E-state index in [1.807, 2.05) is 6.92 Å². The third-order valence-electron chi connectivity index (χ3n) is 1.93. The van der Waals surface area contributed by atoms with Crippen LogP contribution in [0.5, 0.6) is 0 Å². The van der Waals surface area contributed by atoms with E-state index >= 15 is 0 Å². The van der Waals surface area contributed by atoms with Gasteiger partial charge in [0.05, 0.1) is 4.88 Å². The van der Waals surface area contributed by atoms with Crippen LogP contribution in [-0.4, -0.2) is 23.0 Å². The van der Waals surface area contributed by atoms with E-state index in [-0.39, 0.29) is 5.91 Å². The van der Waals surface area contributed by atoms with Crippen molar-refractivity contribution < 1.29 is 14.7 Å². The van der Waals surface area contributed by atoms with Gasteiger partial charge >= 0.3 is 5.97 Å². The fraction of sp³-hybridized carbons (Fsp3) is 0.400. The normalized spacial score (nSPS) is 12.1. The summed E-state index contributed by atoms with van der Waals surface area (Å²) in [4.78, 5) is 22.9. The Morgan fingerprint density at radius 3 is 2.80 bits per heavy atom. The third-order valence-corrected chi connectivity index (χ3v) is 2.79. The second kappa shape index (κ2) is 5.50. The SMILES string of the molecule is CCC[C@@H](NC(=O)c1cccs1)C(=O)O. The minimum Gasteiger partial charge on any atom is -0.480 e. The van der Waals surface area contributed by atoms with E-state index in [2.05, 4.69) is 5.32 Å². The molecule has 82 valence electrons. The number of carboxylic acid groups (broad SMARTS) is 1. The minimum absolute atomic E-state index is 0.314. The summed E-state index contributed by atoms with van der Waals surface area (Å²) >= 11 is 1.30. The van der Waals surface area contributed by atoms with Gasteiger partial charge in [-0.25, -0.2) is 4.79 Å². The number of amides is 1. The molecule has 1 heterocycles. The zero-order valence-corrected chi connectivity index (χ0v) is 9.21.